The molecular formula is C21H27ClN2O2. The average Bonchev–Trinajstić information content (AvgIpc) is 2.67. The lowest BCUT2D eigenvalue weighted by atomic mass is 9.98. The Kier molecular flexibility index (Phi) is 7.95. The summed E-state index contributed by atoms with van der Waals surface area (Å²) in [7, 11) is 0. The van der Waals surface area contributed by atoms with Gasteiger partial charge in [0.1, 0.15) is 0 Å². The molecule has 0 radical (unpaired) electrons. The number of carboxylic acids is 1. The first kappa shape index (κ1) is 20.3. The summed E-state index contributed by atoms with van der Waals surface area (Å²) in [6.45, 7) is 3.56. The average molecular weight is 375 g/mol. The van der Waals surface area contributed by atoms with Crippen LogP contribution >= 0.6 is 12.4 Å². The molecule has 1 heterocycles. The highest BCUT2D eigenvalue weighted by molar-refractivity contribution is 5.85. The number of halogens is 1. The Morgan fingerprint density at radius 1 is 1.04 bits per heavy atom. The Balaban J connectivity index is 0.00000243. The molecule has 0 bridgehead atoms. The van der Waals surface area contributed by atoms with Gasteiger partial charge in [0.2, 0.25) is 0 Å². The first-order valence-corrected chi connectivity index (χ1v) is 9.07. The molecule has 1 atom stereocenters. The lowest BCUT2D eigenvalue weighted by Crippen LogP contribution is -2.39. The summed E-state index contributed by atoms with van der Waals surface area (Å²) >= 11 is 0. The van der Waals surface area contributed by atoms with Crippen LogP contribution in [0.3, 0.4) is 0 Å². The van der Waals surface area contributed by atoms with Gasteiger partial charge in [-0.2, -0.15) is 0 Å². The molecule has 1 fully saturated rings. The summed E-state index contributed by atoms with van der Waals surface area (Å²) in [4.78, 5) is 15.9. The Hall–Kier alpha value is -2.04. The number of carbonyl (C=O) groups is 1. The number of para-hydroxylation sites is 2. The van der Waals surface area contributed by atoms with E-state index in [1.54, 1.807) is 0 Å². The van der Waals surface area contributed by atoms with Gasteiger partial charge >= 0.3 is 5.97 Å². The molecule has 4 nitrogen and oxygen atoms in total. The Bertz CT molecular complexity index is 627. The van der Waals surface area contributed by atoms with Gasteiger partial charge < -0.3 is 14.9 Å². The molecule has 1 N–H and O–H groups in total. The van der Waals surface area contributed by atoms with Crippen molar-refractivity contribution in [2.45, 2.75) is 19.3 Å². The van der Waals surface area contributed by atoms with E-state index in [1.165, 1.54) is 11.4 Å². The molecule has 140 valence electrons. The highest BCUT2D eigenvalue weighted by atomic mass is 35.5. The van der Waals surface area contributed by atoms with Crippen molar-refractivity contribution in [3.8, 4) is 0 Å². The third-order valence-electron chi connectivity index (χ3n) is 4.85. The van der Waals surface area contributed by atoms with Gasteiger partial charge in [-0.1, -0.05) is 36.4 Å². The molecule has 2 aromatic carbocycles. The molecule has 3 rings (SSSR count). The first-order chi connectivity index (χ1) is 12.2. The number of anilines is 2. The Morgan fingerprint density at radius 3 is 2.15 bits per heavy atom. The Morgan fingerprint density at radius 2 is 1.62 bits per heavy atom. The van der Waals surface area contributed by atoms with Crippen LogP contribution in [0.1, 0.15) is 19.3 Å². The summed E-state index contributed by atoms with van der Waals surface area (Å²) in [5, 5.41) is 9.23. The van der Waals surface area contributed by atoms with Crippen LogP contribution in [-0.4, -0.2) is 42.2 Å². The predicted octanol–water partition coefficient (Wildman–Crippen LogP) is 4.43. The fraction of sp³-hybridized carbons (Fsp3) is 0.381. The number of hydrogen-bond donors (Lipinski definition) is 1. The minimum Gasteiger partial charge on any atom is -0.481 e. The SMILES string of the molecule is Cl.O=C(O)[C@@H]1CCCN(CCCN(c2ccccc2)c2ccccc2)C1. The second kappa shape index (κ2) is 10.2. The van der Waals surface area contributed by atoms with Crippen molar-refractivity contribution in [3.63, 3.8) is 0 Å². The lowest BCUT2D eigenvalue weighted by Gasteiger charge is -2.32. The monoisotopic (exact) mass is 374 g/mol. The number of likely N-dealkylation sites (tertiary alicyclic amines) is 1. The first-order valence-electron chi connectivity index (χ1n) is 9.07. The van der Waals surface area contributed by atoms with Crippen LogP contribution in [0.15, 0.2) is 60.7 Å². The molecule has 0 saturated carbocycles. The molecule has 0 aromatic heterocycles. The Labute approximate surface area is 161 Å². The standard InChI is InChI=1S/C21H26N2O2.ClH/c24-21(25)18-9-7-14-22(17-18)15-8-16-23(19-10-3-1-4-11-19)20-12-5-2-6-13-20;/h1-6,10-13,18H,7-9,14-17H2,(H,24,25);1H/t18-;/m1./s1. The number of aliphatic carboxylic acids is 1. The number of nitrogens with zero attached hydrogens (tertiary/aromatic N) is 2. The van der Waals surface area contributed by atoms with E-state index in [4.69, 9.17) is 0 Å². The van der Waals surface area contributed by atoms with Crippen LogP contribution < -0.4 is 4.90 Å². The van der Waals surface area contributed by atoms with Crippen molar-refractivity contribution in [1.29, 1.82) is 0 Å². The van der Waals surface area contributed by atoms with Gasteiger partial charge in [0.15, 0.2) is 0 Å². The largest absolute Gasteiger partial charge is 0.481 e. The van der Waals surface area contributed by atoms with Crippen LogP contribution in [0, 0.1) is 5.92 Å². The minimum absolute atomic E-state index is 0. The maximum Gasteiger partial charge on any atom is 0.307 e. The van der Waals surface area contributed by atoms with E-state index in [0.29, 0.717) is 6.54 Å². The molecule has 5 heteroatoms. The normalized spacial score (nSPS) is 17.3. The van der Waals surface area contributed by atoms with E-state index in [1.807, 2.05) is 12.1 Å². The predicted molar refractivity (Wildman–Crippen MR) is 109 cm³/mol. The van der Waals surface area contributed by atoms with E-state index in [2.05, 4.69) is 58.3 Å². The quantitative estimate of drug-likeness (QED) is 0.778. The maximum atomic E-state index is 11.2. The van der Waals surface area contributed by atoms with Gasteiger partial charge in [-0.15, -0.1) is 12.4 Å². The van der Waals surface area contributed by atoms with Gasteiger partial charge in [0, 0.05) is 24.5 Å². The molecule has 2 aromatic rings. The van der Waals surface area contributed by atoms with Crippen molar-refractivity contribution < 1.29 is 9.90 Å². The van der Waals surface area contributed by atoms with E-state index in [-0.39, 0.29) is 18.3 Å². The molecule has 1 saturated heterocycles. The third kappa shape index (κ3) is 5.48. The highest BCUT2D eigenvalue weighted by Gasteiger charge is 2.25. The van der Waals surface area contributed by atoms with Gasteiger partial charge in [-0.05, 0) is 56.6 Å². The summed E-state index contributed by atoms with van der Waals surface area (Å²) in [5.74, 6) is -0.854. The minimum atomic E-state index is -0.653. The van der Waals surface area contributed by atoms with Gasteiger partial charge in [-0.25, -0.2) is 0 Å². The van der Waals surface area contributed by atoms with E-state index in [0.717, 1.165) is 38.9 Å². The zero-order valence-electron chi connectivity index (χ0n) is 15.0. The molecule has 26 heavy (non-hydrogen) atoms. The summed E-state index contributed by atoms with van der Waals surface area (Å²) in [6.07, 6.45) is 2.81. The summed E-state index contributed by atoms with van der Waals surface area (Å²) in [5.41, 5.74) is 2.38. The molecule has 0 aliphatic carbocycles. The number of carboxylic acid groups (broad SMARTS) is 1. The van der Waals surface area contributed by atoms with E-state index < -0.39 is 5.97 Å². The topological polar surface area (TPSA) is 43.8 Å². The molecule has 0 amide bonds. The van der Waals surface area contributed by atoms with E-state index in [9.17, 15) is 9.90 Å². The summed E-state index contributed by atoms with van der Waals surface area (Å²) in [6, 6.07) is 20.9. The number of piperidine rings is 1. The smallest absolute Gasteiger partial charge is 0.307 e. The third-order valence-corrected chi connectivity index (χ3v) is 4.85. The van der Waals surface area contributed by atoms with Crippen molar-refractivity contribution in [2.24, 2.45) is 5.92 Å². The van der Waals surface area contributed by atoms with Crippen molar-refractivity contribution in [1.82, 2.24) is 4.90 Å². The van der Waals surface area contributed by atoms with Gasteiger partial charge in [-0.3, -0.25) is 4.79 Å². The number of hydrogen-bond acceptors (Lipinski definition) is 3. The second-order valence-corrected chi connectivity index (χ2v) is 6.65. The number of rotatable bonds is 7. The zero-order valence-corrected chi connectivity index (χ0v) is 15.8. The molecule has 1 aliphatic heterocycles. The summed E-state index contributed by atoms with van der Waals surface area (Å²) < 4.78 is 0. The van der Waals surface area contributed by atoms with Crippen molar-refractivity contribution in [2.75, 3.05) is 31.1 Å². The van der Waals surface area contributed by atoms with Crippen LogP contribution in [0.4, 0.5) is 11.4 Å². The maximum absolute atomic E-state index is 11.2. The van der Waals surface area contributed by atoms with Crippen molar-refractivity contribution in [3.05, 3.63) is 60.7 Å². The van der Waals surface area contributed by atoms with Crippen LogP contribution in [0.25, 0.3) is 0 Å². The highest BCUT2D eigenvalue weighted by Crippen LogP contribution is 2.25. The van der Waals surface area contributed by atoms with Crippen LogP contribution in [-0.2, 0) is 4.79 Å². The molecule has 0 unspecified atom stereocenters. The number of benzene rings is 2. The fourth-order valence-corrected chi connectivity index (χ4v) is 3.54. The molecule has 0 spiro atoms. The lowest BCUT2D eigenvalue weighted by molar-refractivity contribution is -0.143. The van der Waals surface area contributed by atoms with Crippen LogP contribution in [0.5, 0.6) is 0 Å². The van der Waals surface area contributed by atoms with Gasteiger partial charge in [0.25, 0.3) is 0 Å². The van der Waals surface area contributed by atoms with Crippen LogP contribution in [0.2, 0.25) is 0 Å². The van der Waals surface area contributed by atoms with Gasteiger partial charge in [0.05, 0.1) is 5.92 Å². The molecule has 1 aliphatic rings. The fourth-order valence-electron chi connectivity index (χ4n) is 3.54. The second-order valence-electron chi connectivity index (χ2n) is 6.65. The molecular weight excluding hydrogens is 348 g/mol. The zero-order chi connectivity index (χ0) is 17.5. The van der Waals surface area contributed by atoms with E-state index >= 15 is 0 Å². The van der Waals surface area contributed by atoms with Crippen molar-refractivity contribution >= 4 is 29.8 Å².